The highest BCUT2D eigenvalue weighted by Crippen LogP contribution is 2.21. The molecule has 0 amide bonds. The summed E-state index contributed by atoms with van der Waals surface area (Å²) in [5.74, 6) is 0. The van der Waals surface area contributed by atoms with Gasteiger partial charge in [0, 0.05) is 21.5 Å². The summed E-state index contributed by atoms with van der Waals surface area (Å²) in [5, 5.41) is -0.0472. The summed E-state index contributed by atoms with van der Waals surface area (Å²) in [4.78, 5) is 0. The van der Waals surface area contributed by atoms with Gasteiger partial charge in [0.15, 0.2) is 0 Å². The fourth-order valence-corrected chi connectivity index (χ4v) is 1.28. The predicted octanol–water partition coefficient (Wildman–Crippen LogP) is 4.24. The molecule has 0 saturated carbocycles. The maximum absolute atomic E-state index is 5.93. The van der Waals surface area contributed by atoms with Crippen LogP contribution in [0.4, 0.5) is 0 Å². The molecule has 0 saturated heterocycles. The van der Waals surface area contributed by atoms with Crippen LogP contribution in [0.3, 0.4) is 0 Å². The minimum Gasteiger partial charge on any atom is -0.122 e. The zero-order valence-electron chi connectivity index (χ0n) is 7.24. The van der Waals surface area contributed by atoms with Crippen LogP contribution in [0.15, 0.2) is 0 Å². The van der Waals surface area contributed by atoms with Crippen LogP contribution >= 0.6 is 46.4 Å². The molecule has 0 rings (SSSR count). The van der Waals surface area contributed by atoms with Crippen molar-refractivity contribution in [3.63, 3.8) is 0 Å². The molecule has 0 N–H and O–H groups in total. The summed E-state index contributed by atoms with van der Waals surface area (Å²) in [5.41, 5.74) is 0. The van der Waals surface area contributed by atoms with Crippen LogP contribution in [-0.4, -0.2) is 21.5 Å². The fraction of sp³-hybridized carbons (Fsp3) is 1.00. The van der Waals surface area contributed by atoms with Crippen molar-refractivity contribution in [3.8, 4) is 0 Å². The van der Waals surface area contributed by atoms with Crippen LogP contribution in [0.5, 0.6) is 0 Å². The topological polar surface area (TPSA) is 0 Å². The highest BCUT2D eigenvalue weighted by atomic mass is 35.5. The normalized spacial score (nSPS) is 21.5. The predicted molar refractivity (Wildman–Crippen MR) is 59.1 cm³/mol. The average molecular weight is 252 g/mol. The average Bonchev–Trinajstić information content (AvgIpc) is 1.98. The molecule has 0 aromatic heterocycles. The zero-order valence-corrected chi connectivity index (χ0v) is 10.3. The first-order valence-electron chi connectivity index (χ1n) is 4.01. The van der Waals surface area contributed by atoms with Gasteiger partial charge in [0.25, 0.3) is 0 Å². The van der Waals surface area contributed by atoms with E-state index >= 15 is 0 Å². The molecule has 0 nitrogen and oxygen atoms in total. The van der Waals surface area contributed by atoms with Crippen LogP contribution in [0.1, 0.15) is 26.7 Å². The molecule has 0 aromatic rings. The summed E-state index contributed by atoms with van der Waals surface area (Å²) in [6, 6.07) is 0. The van der Waals surface area contributed by atoms with Crippen molar-refractivity contribution in [2.45, 2.75) is 48.2 Å². The highest BCUT2D eigenvalue weighted by Gasteiger charge is 2.16. The Balaban J connectivity index is 3.54. The Hall–Kier alpha value is 1.16. The van der Waals surface area contributed by atoms with Crippen molar-refractivity contribution in [3.05, 3.63) is 0 Å². The molecular weight excluding hydrogens is 238 g/mol. The molecular formula is C8H14Cl4. The third kappa shape index (κ3) is 5.75. The van der Waals surface area contributed by atoms with Gasteiger partial charge in [-0.05, 0) is 26.7 Å². The quantitative estimate of drug-likeness (QED) is 0.642. The fourth-order valence-electron chi connectivity index (χ4n) is 0.778. The number of hydrogen-bond acceptors (Lipinski definition) is 0. The Bertz CT molecular complexity index is 99.6. The van der Waals surface area contributed by atoms with E-state index < -0.39 is 0 Å². The van der Waals surface area contributed by atoms with Crippen molar-refractivity contribution in [2.24, 2.45) is 0 Å². The summed E-state index contributed by atoms with van der Waals surface area (Å²) < 4.78 is 0. The van der Waals surface area contributed by atoms with Gasteiger partial charge in [-0.1, -0.05) is 0 Å². The van der Waals surface area contributed by atoms with Crippen LogP contribution in [0, 0.1) is 0 Å². The van der Waals surface area contributed by atoms with E-state index in [9.17, 15) is 0 Å². The maximum Gasteiger partial charge on any atom is 0.0497 e. The first-order chi connectivity index (χ1) is 5.45. The lowest BCUT2D eigenvalue weighted by Crippen LogP contribution is -2.17. The zero-order chi connectivity index (χ0) is 9.72. The Morgan fingerprint density at radius 1 is 0.750 bits per heavy atom. The van der Waals surface area contributed by atoms with Crippen molar-refractivity contribution < 1.29 is 0 Å². The minimum absolute atomic E-state index is 0.0108. The maximum atomic E-state index is 5.93. The number of halogens is 4. The second-order valence-electron chi connectivity index (χ2n) is 2.96. The number of alkyl halides is 4. The lowest BCUT2D eigenvalue weighted by Gasteiger charge is -2.15. The third-order valence-corrected chi connectivity index (χ3v) is 3.77. The van der Waals surface area contributed by atoms with E-state index in [4.69, 9.17) is 46.4 Å². The summed E-state index contributed by atoms with van der Waals surface area (Å²) >= 11 is 23.4. The van der Waals surface area contributed by atoms with E-state index in [0.717, 1.165) is 12.8 Å². The van der Waals surface area contributed by atoms with Gasteiger partial charge in [-0.25, -0.2) is 0 Å². The second kappa shape index (κ2) is 6.59. The van der Waals surface area contributed by atoms with E-state index in [0.29, 0.717) is 0 Å². The van der Waals surface area contributed by atoms with Crippen LogP contribution in [0.25, 0.3) is 0 Å². The summed E-state index contributed by atoms with van der Waals surface area (Å²) in [6.07, 6.45) is 1.63. The molecule has 74 valence electrons. The molecule has 0 fully saturated rings. The van der Waals surface area contributed by atoms with Gasteiger partial charge in [-0.3, -0.25) is 0 Å². The highest BCUT2D eigenvalue weighted by molar-refractivity contribution is 6.30. The van der Waals surface area contributed by atoms with E-state index in [1.807, 2.05) is 13.8 Å². The molecule has 0 radical (unpaired) electrons. The summed E-state index contributed by atoms with van der Waals surface area (Å²) in [7, 11) is 0. The van der Waals surface area contributed by atoms with Gasteiger partial charge in [0.05, 0.1) is 0 Å². The minimum atomic E-state index is -0.0128. The molecule has 12 heavy (non-hydrogen) atoms. The molecule has 4 atom stereocenters. The van der Waals surface area contributed by atoms with Crippen LogP contribution < -0.4 is 0 Å². The Kier molecular flexibility index (Phi) is 7.23. The van der Waals surface area contributed by atoms with E-state index in [-0.39, 0.29) is 21.5 Å². The number of rotatable bonds is 5. The van der Waals surface area contributed by atoms with Crippen molar-refractivity contribution in [2.75, 3.05) is 0 Å². The first-order valence-corrected chi connectivity index (χ1v) is 5.76. The Morgan fingerprint density at radius 2 is 1.00 bits per heavy atom. The molecule has 0 aliphatic heterocycles. The molecule has 0 heterocycles. The van der Waals surface area contributed by atoms with Gasteiger partial charge in [0.1, 0.15) is 0 Å². The second-order valence-corrected chi connectivity index (χ2v) is 5.46. The molecule has 4 heteroatoms. The first kappa shape index (κ1) is 13.2. The largest absolute Gasteiger partial charge is 0.122 e. The van der Waals surface area contributed by atoms with Crippen molar-refractivity contribution in [1.82, 2.24) is 0 Å². The molecule has 0 aliphatic rings. The van der Waals surface area contributed by atoms with Gasteiger partial charge >= 0.3 is 0 Å². The van der Waals surface area contributed by atoms with Crippen LogP contribution in [0.2, 0.25) is 0 Å². The molecule has 0 aliphatic carbocycles. The smallest absolute Gasteiger partial charge is 0.0497 e. The van der Waals surface area contributed by atoms with Gasteiger partial charge < -0.3 is 0 Å². The molecule has 0 spiro atoms. The monoisotopic (exact) mass is 250 g/mol. The molecule has 0 aromatic carbocycles. The molecule has 0 unspecified atom stereocenters. The third-order valence-electron chi connectivity index (χ3n) is 1.72. The van der Waals surface area contributed by atoms with Gasteiger partial charge in [-0.2, -0.15) is 0 Å². The lowest BCUT2D eigenvalue weighted by molar-refractivity contribution is 0.643. The van der Waals surface area contributed by atoms with Crippen molar-refractivity contribution in [1.29, 1.82) is 0 Å². The Labute approximate surface area is 94.5 Å². The summed E-state index contributed by atoms with van der Waals surface area (Å²) in [6.45, 7) is 3.76. The lowest BCUT2D eigenvalue weighted by atomic mass is 10.1. The van der Waals surface area contributed by atoms with Gasteiger partial charge in [0.2, 0.25) is 0 Å². The standard InChI is InChI=1S/C8H14Cl4/c1-5(9)7(11)3-4-8(12)6(2)10/h5-8H,3-4H2,1-2H3/t5-,6+,7+,8-. The Morgan fingerprint density at radius 3 is 1.17 bits per heavy atom. The van der Waals surface area contributed by atoms with E-state index in [2.05, 4.69) is 0 Å². The van der Waals surface area contributed by atoms with E-state index in [1.165, 1.54) is 0 Å². The van der Waals surface area contributed by atoms with Crippen LogP contribution in [-0.2, 0) is 0 Å². The molecule has 0 bridgehead atoms. The SMILES string of the molecule is C[C@H](Cl)[C@H](Cl)CC[C@H](Cl)[C@@H](C)Cl. The number of hydrogen-bond donors (Lipinski definition) is 0. The van der Waals surface area contributed by atoms with Gasteiger partial charge in [-0.15, -0.1) is 46.4 Å². The van der Waals surface area contributed by atoms with Crippen molar-refractivity contribution >= 4 is 46.4 Å². The van der Waals surface area contributed by atoms with E-state index in [1.54, 1.807) is 0 Å².